The Bertz CT molecular complexity index is 3590. The van der Waals surface area contributed by atoms with Crippen molar-refractivity contribution >= 4 is 46.4 Å². The van der Waals surface area contributed by atoms with E-state index in [9.17, 15) is 17.6 Å². The van der Waals surface area contributed by atoms with Crippen LogP contribution in [0.1, 0.15) is 22.8 Å². The molecule has 0 aliphatic carbocycles. The fourth-order valence-corrected chi connectivity index (χ4v) is 7.53. The van der Waals surface area contributed by atoms with Crippen molar-refractivity contribution < 1.29 is 108 Å². The van der Waals surface area contributed by atoms with Gasteiger partial charge >= 0.3 is 0 Å². The summed E-state index contributed by atoms with van der Waals surface area (Å²) in [7, 11) is 0. The van der Waals surface area contributed by atoms with Gasteiger partial charge in [0.05, 0.1) is 50.5 Å². The van der Waals surface area contributed by atoms with E-state index in [2.05, 4.69) is 15.0 Å². The molecule has 0 unspecified atom stereocenters. The van der Waals surface area contributed by atoms with E-state index in [0.717, 1.165) is 24.3 Å². The summed E-state index contributed by atoms with van der Waals surface area (Å²) in [4.78, 5) is 10.8. The average Bonchev–Trinajstić information content (AvgIpc) is 4.14. The average molecular weight is 1080 g/mol. The smallest absolute Gasteiger partial charge is 0.200 e. The first kappa shape index (κ1) is 48.2. The number of hydrogen-bond donors (Lipinski definition) is 1. The van der Waals surface area contributed by atoms with Crippen molar-refractivity contribution in [3.63, 3.8) is 0 Å². The molecule has 5 heterocycles. The van der Waals surface area contributed by atoms with Crippen LogP contribution in [0.15, 0.2) is 30.3 Å². The quantitative estimate of drug-likeness (QED) is 0.0826. The molecule has 0 saturated carbocycles. The second-order valence-corrected chi connectivity index (χ2v) is 14.3. The number of H-pyrrole nitrogens is 1. The third kappa shape index (κ3) is 7.11. The van der Waals surface area contributed by atoms with Gasteiger partial charge in [-0.05, 0) is 54.6 Å². The van der Waals surface area contributed by atoms with Gasteiger partial charge in [0.25, 0.3) is 0 Å². The largest absolute Gasteiger partial charge is 0.355 e. The van der Waals surface area contributed by atoms with Crippen LogP contribution < -0.4 is 0 Å². The van der Waals surface area contributed by atoms with E-state index in [1.165, 1.54) is 18.2 Å². The second-order valence-electron chi connectivity index (χ2n) is 14.3. The molecule has 7 aromatic rings. The molecule has 0 fully saturated rings. The number of benzene rings is 4. The van der Waals surface area contributed by atoms with E-state index in [1.807, 2.05) is 0 Å². The summed E-state index contributed by atoms with van der Waals surface area (Å²) < 4.78 is 313. The third-order valence-electron chi connectivity index (χ3n) is 10.5. The number of aromatic nitrogens is 4. The summed E-state index contributed by atoms with van der Waals surface area (Å²) in [6, 6.07) is 5.15. The summed E-state index contributed by atoms with van der Waals surface area (Å²) in [6.45, 7) is 0. The topological polar surface area (TPSA) is 46.5 Å². The first-order valence-corrected chi connectivity index (χ1v) is 18.3. The molecule has 1 N–H and O–H groups in total. The Kier molecular flexibility index (Phi) is 11.9. The molecule has 8 bridgehead atoms. The Hall–Kier alpha value is -7.26. The minimum atomic E-state index is -3.15. The molecular formula is C44H10F20N4Pd. The Balaban J connectivity index is 0.00000642. The maximum atomic E-state index is 16.5. The van der Waals surface area contributed by atoms with Crippen molar-refractivity contribution in [2.45, 2.75) is 0 Å². The summed E-state index contributed by atoms with van der Waals surface area (Å²) in [5.41, 5.74) is -24.1. The van der Waals surface area contributed by atoms with Gasteiger partial charge < -0.3 is 9.55 Å². The first-order chi connectivity index (χ1) is 32.1. The van der Waals surface area contributed by atoms with Crippen LogP contribution in [-0.4, -0.2) is 19.5 Å². The van der Waals surface area contributed by atoms with Crippen LogP contribution in [-0.2, 0) is 20.4 Å². The van der Waals surface area contributed by atoms with Crippen LogP contribution in [0.2, 0.25) is 0 Å². The van der Waals surface area contributed by atoms with E-state index < -0.39 is 188 Å². The molecule has 69 heavy (non-hydrogen) atoms. The molecule has 0 amide bonds. The van der Waals surface area contributed by atoms with Crippen molar-refractivity contribution in [1.82, 2.24) is 19.5 Å². The van der Waals surface area contributed by atoms with Crippen molar-refractivity contribution in [3.05, 3.63) is 169 Å². The van der Waals surface area contributed by atoms with Crippen LogP contribution in [0.25, 0.3) is 85.4 Å². The normalized spacial score (nSPS) is 12.1. The zero-order valence-electron chi connectivity index (χ0n) is 32.4. The first-order valence-electron chi connectivity index (χ1n) is 18.3. The van der Waals surface area contributed by atoms with Crippen molar-refractivity contribution in [3.8, 4) is 39.1 Å². The molecule has 0 saturated heterocycles. The SMILES string of the molecule is Fc1c(F)c(F)c(-c2c(-c3c(F)c(F)c(F)c(F)c3F)c3c(-c4c(F)c(F)c(F)c(F)c4F)c4nc(cc5ccc(cc6nc(cc2n3-c2c(F)c(F)c(F)c(F)c2F)C=C6)[nH]5)C=C4)c(F)c1F.[Pd]. The van der Waals surface area contributed by atoms with E-state index >= 15 is 70.2 Å². The van der Waals surface area contributed by atoms with E-state index in [-0.39, 0.29) is 43.2 Å². The minimum Gasteiger partial charge on any atom is -0.355 e. The molecule has 0 atom stereocenters. The van der Waals surface area contributed by atoms with E-state index in [4.69, 9.17) is 0 Å². The maximum absolute atomic E-state index is 16.5. The van der Waals surface area contributed by atoms with Gasteiger partial charge in [-0.25, -0.2) is 97.8 Å². The third-order valence-corrected chi connectivity index (χ3v) is 10.5. The van der Waals surface area contributed by atoms with Gasteiger partial charge in [-0.2, -0.15) is 0 Å². The Morgan fingerprint density at radius 2 is 0.638 bits per heavy atom. The predicted octanol–water partition coefficient (Wildman–Crippen LogP) is 13.9. The summed E-state index contributed by atoms with van der Waals surface area (Å²) >= 11 is 0. The molecule has 0 spiro atoms. The Morgan fingerprint density at radius 1 is 0.319 bits per heavy atom. The predicted molar refractivity (Wildman–Crippen MR) is 199 cm³/mol. The maximum Gasteiger partial charge on any atom is 0.200 e. The molecule has 2 aliphatic heterocycles. The van der Waals surface area contributed by atoms with Crippen LogP contribution in [0.5, 0.6) is 0 Å². The monoisotopic (exact) mass is 1080 g/mol. The molecule has 0 radical (unpaired) electrons. The van der Waals surface area contributed by atoms with Gasteiger partial charge in [0.15, 0.2) is 93.1 Å². The van der Waals surface area contributed by atoms with Gasteiger partial charge in [-0.1, -0.05) is 0 Å². The molecule has 25 heteroatoms. The van der Waals surface area contributed by atoms with Gasteiger partial charge in [0.2, 0.25) is 23.3 Å². The molecule has 2 aliphatic rings. The number of rotatable bonds is 4. The molecule has 356 valence electrons. The van der Waals surface area contributed by atoms with Crippen LogP contribution >= 0.6 is 0 Å². The number of fused-ring (bicyclic) bond motifs is 8. The number of hydrogen-bond acceptors (Lipinski definition) is 2. The van der Waals surface area contributed by atoms with E-state index in [1.54, 1.807) is 0 Å². The molecule has 3 aromatic heterocycles. The van der Waals surface area contributed by atoms with Gasteiger partial charge in [-0.3, -0.25) is 0 Å². The van der Waals surface area contributed by atoms with E-state index in [0.29, 0.717) is 6.08 Å². The number of halogens is 20. The molecule has 4 aromatic carbocycles. The summed E-state index contributed by atoms with van der Waals surface area (Å²) in [5.74, 6) is -61.3. The van der Waals surface area contributed by atoms with Gasteiger partial charge in [0.1, 0.15) is 5.69 Å². The van der Waals surface area contributed by atoms with Gasteiger partial charge in [-0.15, -0.1) is 0 Å². The standard InChI is InChI=1S/C44H10F20N4.Pd/c45-23-20(24(46)30(52)35(57)29(23)51)17-15-6-5-13(67-15)8-12-2-1-10(65-12)7-11-3-4-14(66-11)9-16-18(21-25(47)31(53)36(58)32(54)26(21)48)19(22-27(49)33(55)37(59)34(56)28(22)50)43(17)68(16)44-41(63)39(61)38(60)40(62)42(44)64;/h1-9,65H;. The Labute approximate surface area is 381 Å². The van der Waals surface area contributed by atoms with Gasteiger partial charge in [0, 0.05) is 48.1 Å². The number of nitrogens with zero attached hydrogens (tertiary/aromatic N) is 3. The summed E-state index contributed by atoms with van der Waals surface area (Å²) in [5, 5.41) is 0. The van der Waals surface area contributed by atoms with Crippen molar-refractivity contribution in [1.29, 1.82) is 0 Å². The molecule has 9 rings (SSSR count). The van der Waals surface area contributed by atoms with Crippen LogP contribution in [0.4, 0.5) is 87.8 Å². The molecule has 4 nitrogen and oxygen atoms in total. The van der Waals surface area contributed by atoms with Crippen molar-refractivity contribution in [2.75, 3.05) is 0 Å². The second kappa shape index (κ2) is 17.1. The van der Waals surface area contributed by atoms with Crippen molar-refractivity contribution in [2.24, 2.45) is 0 Å². The molecular weight excluding hydrogens is 1070 g/mol. The number of aromatic amines is 1. The minimum absolute atomic E-state index is 0. The zero-order chi connectivity index (χ0) is 49.3. The van der Waals surface area contributed by atoms with Crippen LogP contribution in [0, 0.1) is 116 Å². The fourth-order valence-electron chi connectivity index (χ4n) is 7.53. The number of nitrogens with one attached hydrogen (secondary N) is 1. The fraction of sp³-hybridized carbons (Fsp3) is 0. The van der Waals surface area contributed by atoms with Crippen LogP contribution in [0.3, 0.4) is 0 Å². The zero-order valence-corrected chi connectivity index (χ0v) is 34.0. The summed E-state index contributed by atoms with van der Waals surface area (Å²) in [6.07, 6.45) is 3.17. The Morgan fingerprint density at radius 3 is 1.06 bits per heavy atom.